The topological polar surface area (TPSA) is 88.6 Å². The molecule has 6 nitrogen and oxygen atoms in total. The molecular formula is C14H19N3O3S. The predicted molar refractivity (Wildman–Crippen MR) is 82.5 cm³/mol. The standard InChI is InChI=1S/C14H19N3O3S/c1-10-4-5-11(20-10)9-16-14-7-6-12(8-13(14)15)21(18,19)17(2)3/h4-8,16H,9,15H2,1-3H3. The Hall–Kier alpha value is -1.99. The second kappa shape index (κ2) is 5.79. The first-order chi connectivity index (χ1) is 9.80. The summed E-state index contributed by atoms with van der Waals surface area (Å²) in [5, 5.41) is 3.12. The van der Waals surface area contributed by atoms with Gasteiger partial charge in [0.15, 0.2) is 0 Å². The highest BCUT2D eigenvalue weighted by Gasteiger charge is 2.18. The van der Waals surface area contributed by atoms with Gasteiger partial charge in [0.05, 0.1) is 22.8 Å². The smallest absolute Gasteiger partial charge is 0.242 e. The van der Waals surface area contributed by atoms with Gasteiger partial charge in [-0.25, -0.2) is 12.7 Å². The van der Waals surface area contributed by atoms with Crippen LogP contribution in [0, 0.1) is 6.92 Å². The van der Waals surface area contributed by atoms with E-state index in [1.54, 1.807) is 6.07 Å². The summed E-state index contributed by atoms with van der Waals surface area (Å²) < 4.78 is 30.6. The molecule has 0 spiro atoms. The van der Waals surface area contributed by atoms with Crippen LogP contribution in [0.3, 0.4) is 0 Å². The van der Waals surface area contributed by atoms with Crippen molar-refractivity contribution in [2.24, 2.45) is 0 Å². The normalized spacial score (nSPS) is 11.8. The number of nitrogen functional groups attached to an aromatic ring is 1. The number of hydrogen-bond acceptors (Lipinski definition) is 5. The van der Waals surface area contributed by atoms with E-state index >= 15 is 0 Å². The maximum atomic E-state index is 12.0. The Morgan fingerprint density at radius 3 is 2.48 bits per heavy atom. The Morgan fingerprint density at radius 2 is 1.95 bits per heavy atom. The third kappa shape index (κ3) is 3.37. The Morgan fingerprint density at radius 1 is 1.24 bits per heavy atom. The lowest BCUT2D eigenvalue weighted by Gasteiger charge is -2.14. The van der Waals surface area contributed by atoms with Gasteiger partial charge < -0.3 is 15.5 Å². The number of anilines is 2. The molecule has 0 aliphatic carbocycles. The predicted octanol–water partition coefficient (Wildman–Crippen LogP) is 2.03. The minimum atomic E-state index is -3.47. The van der Waals surface area contributed by atoms with Crippen molar-refractivity contribution >= 4 is 21.4 Å². The van der Waals surface area contributed by atoms with E-state index in [0.717, 1.165) is 15.8 Å². The monoisotopic (exact) mass is 309 g/mol. The first-order valence-electron chi connectivity index (χ1n) is 6.42. The molecular weight excluding hydrogens is 290 g/mol. The van der Waals surface area contributed by atoms with Gasteiger partial charge in [0.1, 0.15) is 11.5 Å². The largest absolute Gasteiger partial charge is 0.465 e. The van der Waals surface area contributed by atoms with E-state index in [2.05, 4.69) is 5.32 Å². The van der Waals surface area contributed by atoms with Crippen LogP contribution in [0.25, 0.3) is 0 Å². The van der Waals surface area contributed by atoms with Crippen LogP contribution in [-0.4, -0.2) is 26.8 Å². The number of nitrogens with two attached hydrogens (primary N) is 1. The Balaban J connectivity index is 2.16. The van der Waals surface area contributed by atoms with Crippen LogP contribution in [0.4, 0.5) is 11.4 Å². The van der Waals surface area contributed by atoms with Crippen molar-refractivity contribution < 1.29 is 12.8 Å². The second-order valence-corrected chi connectivity index (χ2v) is 7.05. The molecule has 1 heterocycles. The van der Waals surface area contributed by atoms with E-state index in [1.165, 1.54) is 26.2 Å². The zero-order valence-electron chi connectivity index (χ0n) is 12.3. The summed E-state index contributed by atoms with van der Waals surface area (Å²) >= 11 is 0. The molecule has 1 aromatic carbocycles. The van der Waals surface area contributed by atoms with E-state index < -0.39 is 10.0 Å². The molecule has 0 radical (unpaired) electrons. The molecule has 0 fully saturated rings. The summed E-state index contributed by atoms with van der Waals surface area (Å²) in [6.07, 6.45) is 0. The van der Waals surface area contributed by atoms with Gasteiger partial charge in [0.2, 0.25) is 10.0 Å². The molecule has 0 bridgehead atoms. The molecule has 0 saturated carbocycles. The Kier molecular flexibility index (Phi) is 4.24. The molecule has 0 atom stereocenters. The van der Waals surface area contributed by atoms with Gasteiger partial charge >= 0.3 is 0 Å². The highest BCUT2D eigenvalue weighted by atomic mass is 32.2. The molecule has 1 aromatic heterocycles. The highest BCUT2D eigenvalue weighted by molar-refractivity contribution is 7.89. The molecule has 7 heteroatoms. The summed E-state index contributed by atoms with van der Waals surface area (Å²) in [5.41, 5.74) is 6.96. The number of furan rings is 1. The molecule has 114 valence electrons. The molecule has 2 aromatic rings. The van der Waals surface area contributed by atoms with Crippen molar-refractivity contribution in [3.05, 3.63) is 41.9 Å². The number of hydrogen-bond donors (Lipinski definition) is 2. The first kappa shape index (κ1) is 15.4. The molecule has 0 aliphatic rings. The molecule has 0 amide bonds. The third-order valence-corrected chi connectivity index (χ3v) is 4.86. The van der Waals surface area contributed by atoms with E-state index in [4.69, 9.17) is 10.2 Å². The summed E-state index contributed by atoms with van der Waals surface area (Å²) in [6.45, 7) is 2.36. The fourth-order valence-corrected chi connectivity index (χ4v) is 2.77. The van der Waals surface area contributed by atoms with Gasteiger partial charge in [-0.3, -0.25) is 0 Å². The van der Waals surface area contributed by atoms with Crippen molar-refractivity contribution in [3.63, 3.8) is 0 Å². The third-order valence-electron chi connectivity index (χ3n) is 3.05. The number of rotatable bonds is 5. The Bertz CT molecular complexity index is 736. The van der Waals surface area contributed by atoms with Crippen LogP contribution in [-0.2, 0) is 16.6 Å². The lowest BCUT2D eigenvalue weighted by molar-refractivity contribution is 0.490. The number of nitrogens with zero attached hydrogens (tertiary/aromatic N) is 1. The zero-order valence-corrected chi connectivity index (χ0v) is 13.1. The van der Waals surface area contributed by atoms with Crippen LogP contribution in [0.5, 0.6) is 0 Å². The highest BCUT2D eigenvalue weighted by Crippen LogP contribution is 2.24. The van der Waals surface area contributed by atoms with Gasteiger partial charge in [0.25, 0.3) is 0 Å². The van der Waals surface area contributed by atoms with Gasteiger partial charge in [-0.05, 0) is 37.3 Å². The number of benzene rings is 1. The first-order valence-corrected chi connectivity index (χ1v) is 7.86. The van der Waals surface area contributed by atoms with Gasteiger partial charge in [-0.1, -0.05) is 0 Å². The summed E-state index contributed by atoms with van der Waals surface area (Å²) in [7, 11) is -0.507. The average molecular weight is 309 g/mol. The van der Waals surface area contributed by atoms with Crippen LogP contribution in [0.15, 0.2) is 39.6 Å². The van der Waals surface area contributed by atoms with Gasteiger partial charge in [-0.15, -0.1) is 0 Å². The average Bonchev–Trinajstić information content (AvgIpc) is 2.82. The van der Waals surface area contributed by atoms with Gasteiger partial charge in [0, 0.05) is 14.1 Å². The van der Waals surface area contributed by atoms with E-state index in [0.29, 0.717) is 17.9 Å². The maximum absolute atomic E-state index is 12.0. The van der Waals surface area contributed by atoms with E-state index in [-0.39, 0.29) is 4.90 Å². The van der Waals surface area contributed by atoms with Crippen molar-refractivity contribution in [1.82, 2.24) is 4.31 Å². The molecule has 0 saturated heterocycles. The molecule has 0 unspecified atom stereocenters. The Labute approximate surface area is 124 Å². The van der Waals surface area contributed by atoms with Crippen molar-refractivity contribution in [3.8, 4) is 0 Å². The minimum Gasteiger partial charge on any atom is -0.465 e. The van der Waals surface area contributed by atoms with Crippen molar-refractivity contribution in [1.29, 1.82) is 0 Å². The van der Waals surface area contributed by atoms with Crippen molar-refractivity contribution in [2.45, 2.75) is 18.4 Å². The number of aryl methyl sites for hydroxylation is 1. The SMILES string of the molecule is Cc1ccc(CNc2ccc(S(=O)(=O)N(C)C)cc2N)o1. The molecule has 2 rings (SSSR count). The quantitative estimate of drug-likeness (QED) is 0.825. The lowest BCUT2D eigenvalue weighted by atomic mass is 10.2. The van der Waals surface area contributed by atoms with Crippen LogP contribution in [0.2, 0.25) is 0 Å². The van der Waals surface area contributed by atoms with E-state index in [9.17, 15) is 8.42 Å². The zero-order chi connectivity index (χ0) is 15.6. The second-order valence-electron chi connectivity index (χ2n) is 4.90. The summed E-state index contributed by atoms with van der Waals surface area (Å²) in [6, 6.07) is 8.39. The fraction of sp³-hybridized carbons (Fsp3) is 0.286. The van der Waals surface area contributed by atoms with Crippen LogP contribution in [0.1, 0.15) is 11.5 Å². The van der Waals surface area contributed by atoms with E-state index in [1.807, 2.05) is 19.1 Å². The van der Waals surface area contributed by atoms with Crippen LogP contribution >= 0.6 is 0 Å². The fourth-order valence-electron chi connectivity index (χ4n) is 1.84. The summed E-state index contributed by atoms with van der Waals surface area (Å²) in [4.78, 5) is 0.171. The summed E-state index contributed by atoms with van der Waals surface area (Å²) in [5.74, 6) is 1.63. The number of sulfonamides is 1. The van der Waals surface area contributed by atoms with Crippen LogP contribution < -0.4 is 11.1 Å². The molecule has 21 heavy (non-hydrogen) atoms. The maximum Gasteiger partial charge on any atom is 0.242 e. The minimum absolute atomic E-state index is 0.171. The molecule has 3 N–H and O–H groups in total. The van der Waals surface area contributed by atoms with Crippen molar-refractivity contribution in [2.75, 3.05) is 25.1 Å². The lowest BCUT2D eigenvalue weighted by Crippen LogP contribution is -2.22. The number of nitrogens with one attached hydrogen (secondary N) is 1. The molecule has 0 aliphatic heterocycles. The van der Waals surface area contributed by atoms with Gasteiger partial charge in [-0.2, -0.15) is 0 Å².